The number of primary amides is 1. The zero-order valence-electron chi connectivity index (χ0n) is 13.1. The van der Waals surface area contributed by atoms with Gasteiger partial charge in [-0.3, -0.25) is 4.79 Å². The average Bonchev–Trinajstić information content (AvgIpc) is 2.94. The van der Waals surface area contributed by atoms with Crippen LogP contribution in [0, 0.1) is 0 Å². The molecular formula is C15H19N5O3. The lowest BCUT2D eigenvalue weighted by Crippen LogP contribution is -2.31. The van der Waals surface area contributed by atoms with Gasteiger partial charge in [0.2, 0.25) is 17.7 Å². The van der Waals surface area contributed by atoms with Crippen LogP contribution in [0.3, 0.4) is 0 Å². The first-order valence-corrected chi connectivity index (χ1v) is 7.18. The minimum Gasteiger partial charge on any atom is -0.423 e. The summed E-state index contributed by atoms with van der Waals surface area (Å²) in [5.41, 5.74) is 6.49. The summed E-state index contributed by atoms with van der Waals surface area (Å²) in [5.74, 6) is 0.489. The van der Waals surface area contributed by atoms with E-state index in [9.17, 15) is 9.59 Å². The summed E-state index contributed by atoms with van der Waals surface area (Å²) >= 11 is 0. The second kappa shape index (κ2) is 7.39. The molecule has 2 rings (SSSR count). The van der Waals surface area contributed by atoms with Gasteiger partial charge in [-0.15, -0.1) is 10.2 Å². The Hall–Kier alpha value is -2.90. The van der Waals surface area contributed by atoms with E-state index in [-0.39, 0.29) is 19.0 Å². The number of carbonyl (C=O) groups excluding carboxylic acids is 2. The smallest absolute Gasteiger partial charge is 0.322 e. The van der Waals surface area contributed by atoms with E-state index in [1.54, 1.807) is 31.3 Å². The fourth-order valence-electron chi connectivity index (χ4n) is 1.95. The van der Waals surface area contributed by atoms with Gasteiger partial charge < -0.3 is 20.4 Å². The first kappa shape index (κ1) is 16.5. The molecule has 1 heterocycles. The molecule has 0 saturated carbocycles. The van der Waals surface area contributed by atoms with Crippen molar-refractivity contribution in [3.63, 3.8) is 0 Å². The number of amides is 3. The summed E-state index contributed by atoms with van der Waals surface area (Å²) in [7, 11) is 1.62. The van der Waals surface area contributed by atoms with Gasteiger partial charge in [-0.1, -0.05) is 19.1 Å². The van der Waals surface area contributed by atoms with E-state index in [0.29, 0.717) is 23.9 Å². The van der Waals surface area contributed by atoms with Crippen molar-refractivity contribution in [2.24, 2.45) is 5.73 Å². The largest absolute Gasteiger partial charge is 0.423 e. The minimum absolute atomic E-state index is 0.126. The summed E-state index contributed by atoms with van der Waals surface area (Å²) < 4.78 is 5.37. The minimum atomic E-state index is -0.422. The number of urea groups is 1. The van der Waals surface area contributed by atoms with Gasteiger partial charge in [0.05, 0.1) is 6.42 Å². The summed E-state index contributed by atoms with van der Waals surface area (Å²) in [6.07, 6.45) is 0.775. The molecule has 23 heavy (non-hydrogen) atoms. The molecule has 0 fully saturated rings. The molecule has 0 saturated heterocycles. The molecule has 0 bridgehead atoms. The molecule has 3 N–H and O–H groups in total. The molecule has 0 atom stereocenters. The van der Waals surface area contributed by atoms with E-state index in [2.05, 4.69) is 15.5 Å². The maximum Gasteiger partial charge on any atom is 0.322 e. The molecule has 0 aliphatic rings. The number of benzene rings is 1. The number of nitrogens with two attached hydrogens (primary N) is 1. The number of hydrogen-bond donors (Lipinski definition) is 2. The Morgan fingerprint density at radius 1 is 1.30 bits per heavy atom. The van der Waals surface area contributed by atoms with Crippen molar-refractivity contribution in [1.29, 1.82) is 0 Å². The number of anilines is 1. The van der Waals surface area contributed by atoms with Crippen LogP contribution in [0.15, 0.2) is 28.7 Å². The van der Waals surface area contributed by atoms with Crippen LogP contribution in [0.4, 0.5) is 10.5 Å². The zero-order valence-corrected chi connectivity index (χ0v) is 13.1. The second-order valence-electron chi connectivity index (χ2n) is 5.07. The topological polar surface area (TPSA) is 114 Å². The lowest BCUT2D eigenvalue weighted by Gasteiger charge is -2.16. The van der Waals surface area contributed by atoms with Crippen molar-refractivity contribution in [3.8, 4) is 0 Å². The van der Waals surface area contributed by atoms with Crippen molar-refractivity contribution >= 4 is 17.6 Å². The summed E-state index contributed by atoms with van der Waals surface area (Å²) in [6.45, 7) is 2.12. The highest BCUT2D eigenvalue weighted by atomic mass is 16.4. The Bertz CT molecular complexity index is 698. The third kappa shape index (κ3) is 4.80. The van der Waals surface area contributed by atoms with E-state index in [0.717, 1.165) is 5.56 Å². The van der Waals surface area contributed by atoms with E-state index >= 15 is 0 Å². The highest BCUT2D eigenvalue weighted by Gasteiger charge is 2.13. The predicted octanol–water partition coefficient (Wildman–Crippen LogP) is 1.32. The normalized spacial score (nSPS) is 10.3. The van der Waals surface area contributed by atoms with Crippen molar-refractivity contribution in [1.82, 2.24) is 15.1 Å². The number of hydrogen-bond acceptors (Lipinski definition) is 5. The number of nitrogens with zero attached hydrogens (tertiary/aromatic N) is 3. The molecule has 2 aromatic rings. The van der Waals surface area contributed by atoms with Gasteiger partial charge in [0, 0.05) is 19.2 Å². The number of aromatic nitrogens is 2. The molecule has 0 unspecified atom stereocenters. The van der Waals surface area contributed by atoms with Gasteiger partial charge in [-0.05, 0) is 17.7 Å². The highest BCUT2D eigenvalue weighted by molar-refractivity contribution is 5.89. The van der Waals surface area contributed by atoms with Gasteiger partial charge in [0.25, 0.3) is 0 Å². The second-order valence-corrected chi connectivity index (χ2v) is 5.07. The van der Waals surface area contributed by atoms with Crippen molar-refractivity contribution < 1.29 is 14.0 Å². The van der Waals surface area contributed by atoms with E-state index < -0.39 is 5.91 Å². The number of carbonyl (C=O) groups is 2. The quantitative estimate of drug-likeness (QED) is 0.834. The lowest BCUT2D eigenvalue weighted by atomic mass is 10.1. The van der Waals surface area contributed by atoms with Gasteiger partial charge in [-0.25, -0.2) is 4.79 Å². The van der Waals surface area contributed by atoms with Gasteiger partial charge in [-0.2, -0.15) is 0 Å². The van der Waals surface area contributed by atoms with E-state index in [1.165, 1.54) is 4.90 Å². The van der Waals surface area contributed by atoms with Crippen LogP contribution in [-0.2, 0) is 24.2 Å². The maximum absolute atomic E-state index is 12.2. The average molecular weight is 317 g/mol. The molecular weight excluding hydrogens is 298 g/mol. The number of rotatable bonds is 6. The Balaban J connectivity index is 1.96. The Morgan fingerprint density at radius 2 is 2.04 bits per heavy atom. The Labute approximate surface area is 133 Å². The molecule has 8 nitrogen and oxygen atoms in total. The predicted molar refractivity (Wildman–Crippen MR) is 83.5 cm³/mol. The van der Waals surface area contributed by atoms with Crippen molar-refractivity contribution in [3.05, 3.63) is 41.6 Å². The first-order valence-electron chi connectivity index (χ1n) is 7.18. The van der Waals surface area contributed by atoms with Crippen LogP contribution in [0.25, 0.3) is 0 Å². The van der Waals surface area contributed by atoms with Crippen LogP contribution in [0.5, 0.6) is 0 Å². The third-order valence-electron chi connectivity index (χ3n) is 3.09. The third-order valence-corrected chi connectivity index (χ3v) is 3.09. The van der Waals surface area contributed by atoms with Crippen LogP contribution in [0.2, 0.25) is 0 Å². The van der Waals surface area contributed by atoms with Crippen LogP contribution < -0.4 is 11.1 Å². The van der Waals surface area contributed by atoms with Crippen LogP contribution in [0.1, 0.15) is 24.3 Å². The molecule has 3 amide bonds. The first-order chi connectivity index (χ1) is 11.0. The van der Waals surface area contributed by atoms with Gasteiger partial charge in [0.15, 0.2) is 0 Å². The number of nitrogens with one attached hydrogen (secondary N) is 1. The van der Waals surface area contributed by atoms with E-state index in [1.807, 2.05) is 6.92 Å². The van der Waals surface area contributed by atoms with Gasteiger partial charge >= 0.3 is 6.03 Å². The van der Waals surface area contributed by atoms with E-state index in [4.69, 9.17) is 10.2 Å². The van der Waals surface area contributed by atoms with Crippen LogP contribution in [-0.4, -0.2) is 34.1 Å². The Morgan fingerprint density at radius 3 is 2.70 bits per heavy atom. The van der Waals surface area contributed by atoms with Crippen LogP contribution >= 0.6 is 0 Å². The zero-order chi connectivity index (χ0) is 16.8. The fourth-order valence-corrected chi connectivity index (χ4v) is 1.95. The SMILES string of the molecule is CCc1nnc(CN(C)C(=O)Nc2cccc(CC(N)=O)c2)o1. The fraction of sp³-hybridized carbons (Fsp3) is 0.333. The summed E-state index contributed by atoms with van der Waals surface area (Å²) in [4.78, 5) is 24.5. The molecule has 1 aromatic carbocycles. The monoisotopic (exact) mass is 317 g/mol. The maximum atomic E-state index is 12.2. The molecule has 0 aliphatic carbocycles. The van der Waals surface area contributed by atoms with Crippen molar-refractivity contribution in [2.75, 3.05) is 12.4 Å². The molecule has 0 spiro atoms. The number of aryl methyl sites for hydroxylation is 1. The lowest BCUT2D eigenvalue weighted by molar-refractivity contribution is -0.117. The summed E-state index contributed by atoms with van der Waals surface area (Å²) in [6, 6.07) is 6.64. The molecule has 8 heteroatoms. The van der Waals surface area contributed by atoms with Gasteiger partial charge in [0.1, 0.15) is 6.54 Å². The standard InChI is InChI=1S/C15H19N5O3/c1-3-13-18-19-14(23-13)9-20(2)15(22)17-11-6-4-5-10(7-11)8-12(16)21/h4-7H,3,8-9H2,1-2H3,(H2,16,21)(H,17,22). The highest BCUT2D eigenvalue weighted by Crippen LogP contribution is 2.12. The molecule has 0 radical (unpaired) electrons. The Kier molecular flexibility index (Phi) is 5.29. The summed E-state index contributed by atoms with van der Waals surface area (Å²) in [5, 5.41) is 10.5. The van der Waals surface area contributed by atoms with Crippen molar-refractivity contribution in [2.45, 2.75) is 26.3 Å². The molecule has 1 aromatic heterocycles. The molecule has 122 valence electrons. The molecule has 0 aliphatic heterocycles.